The lowest BCUT2D eigenvalue weighted by molar-refractivity contribution is -0.0570. The number of aromatic nitrogens is 4. The van der Waals surface area contributed by atoms with Gasteiger partial charge >= 0.3 is 17.1 Å². The topological polar surface area (TPSA) is 101 Å². The monoisotopic (exact) mass is 494 g/mol. The summed E-state index contributed by atoms with van der Waals surface area (Å²) in [6.07, 6.45) is 2.20. The fourth-order valence-corrected chi connectivity index (χ4v) is 16.6. The lowest BCUT2D eigenvalue weighted by Gasteiger charge is -2.51. The van der Waals surface area contributed by atoms with E-state index in [4.69, 9.17) is 17.7 Å². The van der Waals surface area contributed by atoms with E-state index in [1.807, 2.05) is 0 Å². The molecule has 2 aliphatic rings. The summed E-state index contributed by atoms with van der Waals surface area (Å²) in [4.78, 5) is 12.8. The minimum absolute atomic E-state index is 0.178. The molecule has 2 aromatic heterocycles. The Balaban J connectivity index is 1.76. The van der Waals surface area contributed by atoms with Crippen molar-refractivity contribution in [2.45, 2.75) is 102 Å². The van der Waals surface area contributed by atoms with E-state index in [0.717, 1.165) is 0 Å². The molecule has 2 saturated heterocycles. The highest BCUT2D eigenvalue weighted by Crippen LogP contribution is 2.48. The van der Waals surface area contributed by atoms with Crippen molar-refractivity contribution in [1.82, 2.24) is 19.5 Å². The summed E-state index contributed by atoms with van der Waals surface area (Å²) in [5.41, 5.74) is 2.12. The Labute approximate surface area is 198 Å². The SMILES string of the molecule is CC(C)[Si]1(C(C)C)OC[C@H]2O[C@@H](n3cnc4cncnc43)[C@H](O)[C@@H]2O[Si](C(C)C)(C(C)C)O1. The molecule has 4 atom stereocenters. The number of nitrogens with zero attached hydrogens (tertiary/aromatic N) is 4. The van der Waals surface area contributed by atoms with Gasteiger partial charge in [-0.25, -0.2) is 15.0 Å². The lowest BCUT2D eigenvalue weighted by atomic mass is 10.1. The maximum Gasteiger partial charge on any atom is 0.335 e. The van der Waals surface area contributed by atoms with E-state index >= 15 is 0 Å². The molecular formula is C22H38N4O5Si2. The molecule has 0 radical (unpaired) electrons. The van der Waals surface area contributed by atoms with Crippen LogP contribution in [-0.2, 0) is 17.7 Å². The first-order chi connectivity index (χ1) is 15.5. The zero-order valence-corrected chi connectivity index (χ0v) is 22.9. The van der Waals surface area contributed by atoms with Crippen LogP contribution >= 0.6 is 0 Å². The highest BCUT2D eigenvalue weighted by atomic mass is 28.5. The molecule has 0 saturated carbocycles. The smallest absolute Gasteiger partial charge is 0.335 e. The molecule has 0 amide bonds. The van der Waals surface area contributed by atoms with Gasteiger partial charge in [0.25, 0.3) is 0 Å². The Morgan fingerprint density at radius 2 is 1.61 bits per heavy atom. The average molecular weight is 495 g/mol. The maximum atomic E-state index is 11.5. The van der Waals surface area contributed by atoms with E-state index in [-0.39, 0.29) is 22.2 Å². The van der Waals surface area contributed by atoms with Crippen LogP contribution in [0.1, 0.15) is 61.6 Å². The summed E-state index contributed by atoms with van der Waals surface area (Å²) < 4.78 is 29.1. The standard InChI is InChI=1S/C22H38N4O5Si2/c1-13(2)32(14(3)4)28-10-18-20(30-33(31-32,15(5)6)16(7)8)19(27)22(29-18)26-12-25-17-9-23-11-24-21(17)26/h9,11-16,18-20,22,27H,10H2,1-8H3/t18-,19-,20-,22-/m1/s1. The van der Waals surface area contributed by atoms with Crippen molar-refractivity contribution in [3.8, 4) is 0 Å². The molecule has 2 aliphatic heterocycles. The predicted octanol–water partition coefficient (Wildman–Crippen LogP) is 4.04. The van der Waals surface area contributed by atoms with Gasteiger partial charge in [0, 0.05) is 0 Å². The first kappa shape index (κ1) is 24.9. The average Bonchev–Trinajstić information content (AvgIpc) is 3.28. The molecule has 184 valence electrons. The highest BCUT2D eigenvalue weighted by molar-refractivity contribution is 6.83. The van der Waals surface area contributed by atoms with Crippen LogP contribution in [0.25, 0.3) is 11.2 Å². The van der Waals surface area contributed by atoms with E-state index in [2.05, 4.69) is 70.3 Å². The van der Waals surface area contributed by atoms with Crippen LogP contribution < -0.4 is 0 Å². The predicted molar refractivity (Wildman–Crippen MR) is 129 cm³/mol. The number of aliphatic hydroxyl groups excluding tert-OH is 1. The summed E-state index contributed by atoms with van der Waals surface area (Å²) in [7, 11) is -5.49. The molecule has 0 bridgehead atoms. The zero-order valence-electron chi connectivity index (χ0n) is 20.9. The summed E-state index contributed by atoms with van der Waals surface area (Å²) in [6.45, 7) is 17.8. The second kappa shape index (κ2) is 9.10. The Bertz CT molecular complexity index is 953. The first-order valence-electron chi connectivity index (χ1n) is 12.0. The van der Waals surface area contributed by atoms with Gasteiger partial charge in [-0.1, -0.05) is 55.4 Å². The van der Waals surface area contributed by atoms with Crippen LogP contribution in [0.15, 0.2) is 18.9 Å². The molecule has 4 rings (SSSR count). The second-order valence-corrected chi connectivity index (χ2v) is 19.3. The number of hydrogen-bond donors (Lipinski definition) is 1. The third-order valence-electron chi connectivity index (χ3n) is 7.15. The van der Waals surface area contributed by atoms with E-state index in [9.17, 15) is 5.11 Å². The van der Waals surface area contributed by atoms with Gasteiger partial charge in [-0.3, -0.25) is 4.57 Å². The molecule has 9 nitrogen and oxygen atoms in total. The summed E-state index contributed by atoms with van der Waals surface area (Å²) >= 11 is 0. The van der Waals surface area contributed by atoms with E-state index in [0.29, 0.717) is 17.8 Å². The largest absolute Gasteiger partial charge is 0.414 e. The fraction of sp³-hybridized carbons (Fsp3) is 0.773. The van der Waals surface area contributed by atoms with Gasteiger partial charge in [-0.2, -0.15) is 0 Å². The number of imidazole rings is 1. The van der Waals surface area contributed by atoms with E-state index < -0.39 is 41.7 Å². The first-order valence-corrected chi connectivity index (χ1v) is 16.0. The van der Waals surface area contributed by atoms with Crippen LogP contribution in [0.4, 0.5) is 0 Å². The van der Waals surface area contributed by atoms with Crippen LogP contribution in [0.5, 0.6) is 0 Å². The van der Waals surface area contributed by atoms with Crippen LogP contribution in [0, 0.1) is 0 Å². The third-order valence-corrected chi connectivity index (χ3v) is 17.4. The Kier molecular flexibility index (Phi) is 6.86. The summed E-state index contributed by atoms with van der Waals surface area (Å²) in [6, 6.07) is 0. The molecule has 4 heterocycles. The van der Waals surface area contributed by atoms with Gasteiger partial charge in [0.05, 0.1) is 19.1 Å². The van der Waals surface area contributed by atoms with Gasteiger partial charge in [0.15, 0.2) is 11.9 Å². The van der Waals surface area contributed by atoms with Crippen molar-refractivity contribution < 1.29 is 22.8 Å². The van der Waals surface area contributed by atoms with E-state index in [1.54, 1.807) is 17.1 Å². The third kappa shape index (κ3) is 4.01. The van der Waals surface area contributed by atoms with Crippen molar-refractivity contribution in [3.63, 3.8) is 0 Å². The van der Waals surface area contributed by atoms with Crippen LogP contribution in [0.3, 0.4) is 0 Å². The van der Waals surface area contributed by atoms with Crippen molar-refractivity contribution in [3.05, 3.63) is 18.9 Å². The Morgan fingerprint density at radius 3 is 2.21 bits per heavy atom. The van der Waals surface area contributed by atoms with Crippen molar-refractivity contribution in [2.24, 2.45) is 0 Å². The normalized spacial score (nSPS) is 29.7. The molecule has 0 unspecified atom stereocenters. The van der Waals surface area contributed by atoms with Crippen molar-refractivity contribution in [2.75, 3.05) is 6.61 Å². The number of rotatable bonds is 5. The fourth-order valence-electron chi connectivity index (χ4n) is 5.34. The number of fused-ring (bicyclic) bond motifs is 2. The van der Waals surface area contributed by atoms with Crippen molar-refractivity contribution >= 4 is 28.3 Å². The van der Waals surface area contributed by atoms with E-state index in [1.165, 1.54) is 6.33 Å². The minimum Gasteiger partial charge on any atom is -0.414 e. The molecule has 0 spiro atoms. The lowest BCUT2D eigenvalue weighted by Crippen LogP contribution is -2.65. The van der Waals surface area contributed by atoms with Gasteiger partial charge in [-0.05, 0) is 22.2 Å². The highest BCUT2D eigenvalue weighted by Gasteiger charge is 2.61. The number of ether oxygens (including phenoxy) is 1. The van der Waals surface area contributed by atoms with Gasteiger partial charge < -0.3 is 22.8 Å². The van der Waals surface area contributed by atoms with Gasteiger partial charge in [-0.15, -0.1) is 0 Å². The minimum atomic E-state index is -2.83. The molecule has 33 heavy (non-hydrogen) atoms. The molecule has 1 N–H and O–H groups in total. The zero-order chi connectivity index (χ0) is 24.1. The number of hydrogen-bond acceptors (Lipinski definition) is 8. The van der Waals surface area contributed by atoms with Gasteiger partial charge in [0.2, 0.25) is 0 Å². The van der Waals surface area contributed by atoms with Crippen LogP contribution in [-0.4, -0.2) is 66.7 Å². The molecular weight excluding hydrogens is 456 g/mol. The molecule has 2 aromatic rings. The molecule has 0 aliphatic carbocycles. The molecule has 2 fully saturated rings. The van der Waals surface area contributed by atoms with Crippen molar-refractivity contribution in [1.29, 1.82) is 0 Å². The maximum absolute atomic E-state index is 11.5. The Morgan fingerprint density at radius 1 is 0.970 bits per heavy atom. The molecule has 11 heteroatoms. The Hall–Kier alpha value is -1.22. The molecule has 0 aromatic carbocycles. The van der Waals surface area contributed by atoms with Gasteiger partial charge in [0.1, 0.15) is 30.2 Å². The summed E-state index contributed by atoms with van der Waals surface area (Å²) in [5, 5.41) is 11.5. The second-order valence-electron chi connectivity index (χ2n) is 10.5. The summed E-state index contributed by atoms with van der Waals surface area (Å²) in [5.74, 6) is 0. The number of aliphatic hydroxyl groups is 1. The van der Waals surface area contributed by atoms with Crippen LogP contribution in [0.2, 0.25) is 22.2 Å². The quantitative estimate of drug-likeness (QED) is 0.622.